The second kappa shape index (κ2) is 7.15. The van der Waals surface area contributed by atoms with Crippen LogP contribution in [-0.4, -0.2) is 24.6 Å². The van der Waals surface area contributed by atoms with Gasteiger partial charge in [-0.2, -0.15) is 11.8 Å². The third-order valence-electron chi connectivity index (χ3n) is 3.48. The number of halogens is 1. The fraction of sp³-hybridized carbons (Fsp3) is 0.600. The molecule has 0 radical (unpaired) electrons. The topological polar surface area (TPSA) is 12.0 Å². The van der Waals surface area contributed by atoms with Gasteiger partial charge in [-0.3, -0.25) is 0 Å². The van der Waals surface area contributed by atoms with Crippen molar-refractivity contribution in [2.24, 2.45) is 0 Å². The summed E-state index contributed by atoms with van der Waals surface area (Å²) in [5.74, 6) is 1.43. The largest absolute Gasteiger partial charge is 0.313 e. The second-order valence-corrected chi connectivity index (χ2v) is 6.02. The summed E-state index contributed by atoms with van der Waals surface area (Å²) < 4.78 is 13.9. The van der Waals surface area contributed by atoms with E-state index in [0.29, 0.717) is 12.0 Å². The van der Waals surface area contributed by atoms with Crippen LogP contribution in [0.2, 0.25) is 0 Å². The molecule has 1 fully saturated rings. The molecule has 0 amide bonds. The molecule has 0 heterocycles. The van der Waals surface area contributed by atoms with Crippen molar-refractivity contribution in [1.82, 2.24) is 5.32 Å². The smallest absolute Gasteiger partial charge is 0.126 e. The summed E-state index contributed by atoms with van der Waals surface area (Å²) in [5, 5.41) is 3.54. The number of thioether (sulfide) groups is 1. The third-order valence-corrected chi connectivity index (χ3v) is 4.17. The molecule has 1 saturated carbocycles. The van der Waals surface area contributed by atoms with Crippen molar-refractivity contribution < 1.29 is 4.39 Å². The highest BCUT2D eigenvalue weighted by atomic mass is 32.2. The fourth-order valence-corrected chi connectivity index (χ4v) is 2.70. The van der Waals surface area contributed by atoms with E-state index in [0.717, 1.165) is 30.7 Å². The van der Waals surface area contributed by atoms with Crippen LogP contribution in [-0.2, 0) is 0 Å². The lowest BCUT2D eigenvalue weighted by atomic mass is 9.94. The Hall–Kier alpha value is -0.540. The predicted molar refractivity (Wildman–Crippen MR) is 77.8 cm³/mol. The molecule has 0 aliphatic heterocycles. The summed E-state index contributed by atoms with van der Waals surface area (Å²) in [6.07, 6.45) is 6.93. The van der Waals surface area contributed by atoms with Gasteiger partial charge < -0.3 is 5.32 Å². The zero-order valence-corrected chi connectivity index (χ0v) is 11.8. The minimum absolute atomic E-state index is 0.0516. The molecule has 0 aromatic heterocycles. The van der Waals surface area contributed by atoms with E-state index in [1.165, 1.54) is 12.8 Å². The van der Waals surface area contributed by atoms with Gasteiger partial charge in [-0.1, -0.05) is 18.2 Å². The maximum Gasteiger partial charge on any atom is 0.126 e. The van der Waals surface area contributed by atoms with E-state index in [-0.39, 0.29) is 5.82 Å². The van der Waals surface area contributed by atoms with E-state index in [1.54, 1.807) is 12.1 Å². The van der Waals surface area contributed by atoms with Gasteiger partial charge in [0.2, 0.25) is 0 Å². The molecule has 3 heteroatoms. The lowest BCUT2D eigenvalue weighted by Gasteiger charge is -2.18. The van der Waals surface area contributed by atoms with Crippen LogP contribution in [0.25, 0.3) is 0 Å². The molecule has 1 aromatic rings. The monoisotopic (exact) mass is 267 g/mol. The van der Waals surface area contributed by atoms with Crippen LogP contribution in [0.1, 0.15) is 37.2 Å². The van der Waals surface area contributed by atoms with Crippen LogP contribution in [0.15, 0.2) is 24.3 Å². The van der Waals surface area contributed by atoms with E-state index < -0.39 is 0 Å². The Morgan fingerprint density at radius 1 is 1.39 bits per heavy atom. The highest BCUT2D eigenvalue weighted by molar-refractivity contribution is 7.98. The highest BCUT2D eigenvalue weighted by Gasteiger charge is 2.23. The van der Waals surface area contributed by atoms with Gasteiger partial charge in [0.15, 0.2) is 0 Å². The molecule has 0 saturated heterocycles. The van der Waals surface area contributed by atoms with Crippen molar-refractivity contribution in [3.63, 3.8) is 0 Å². The minimum Gasteiger partial charge on any atom is -0.313 e. The molecule has 2 rings (SSSR count). The molecule has 1 aliphatic rings. The normalized spacial score (nSPS) is 16.8. The average molecular weight is 267 g/mol. The Labute approximate surface area is 114 Å². The Kier molecular flexibility index (Phi) is 5.51. The Bertz CT molecular complexity index is 365. The van der Waals surface area contributed by atoms with Crippen molar-refractivity contribution in [1.29, 1.82) is 0 Å². The molecule has 0 bridgehead atoms. The van der Waals surface area contributed by atoms with Crippen LogP contribution in [0, 0.1) is 5.82 Å². The van der Waals surface area contributed by atoms with Gasteiger partial charge in [0.1, 0.15) is 5.82 Å². The van der Waals surface area contributed by atoms with E-state index in [4.69, 9.17) is 0 Å². The van der Waals surface area contributed by atoms with Crippen molar-refractivity contribution in [2.45, 2.75) is 37.6 Å². The summed E-state index contributed by atoms with van der Waals surface area (Å²) in [4.78, 5) is 0. The number of hydrogen-bond acceptors (Lipinski definition) is 2. The number of hydrogen-bond donors (Lipinski definition) is 1. The number of benzene rings is 1. The van der Waals surface area contributed by atoms with Crippen molar-refractivity contribution in [2.75, 3.05) is 18.6 Å². The van der Waals surface area contributed by atoms with Gasteiger partial charge in [0.25, 0.3) is 0 Å². The van der Waals surface area contributed by atoms with Crippen LogP contribution in [0.4, 0.5) is 4.39 Å². The maximum absolute atomic E-state index is 13.9. The van der Waals surface area contributed by atoms with Gasteiger partial charge >= 0.3 is 0 Å². The first-order valence-electron chi connectivity index (χ1n) is 6.78. The number of rotatable bonds is 8. The van der Waals surface area contributed by atoms with Crippen LogP contribution in [0.3, 0.4) is 0 Å². The molecule has 100 valence electrons. The SMILES string of the molecule is CSCCCC(CNC1CC1)c1ccccc1F. The van der Waals surface area contributed by atoms with E-state index in [9.17, 15) is 4.39 Å². The zero-order valence-electron chi connectivity index (χ0n) is 11.0. The number of nitrogens with one attached hydrogen (secondary N) is 1. The lowest BCUT2D eigenvalue weighted by Crippen LogP contribution is -2.24. The third kappa shape index (κ3) is 4.29. The Morgan fingerprint density at radius 3 is 2.83 bits per heavy atom. The average Bonchev–Trinajstić information content (AvgIpc) is 3.19. The lowest BCUT2D eigenvalue weighted by molar-refractivity contribution is 0.512. The first-order chi connectivity index (χ1) is 8.81. The van der Waals surface area contributed by atoms with Gasteiger partial charge in [-0.05, 0) is 55.2 Å². The zero-order chi connectivity index (χ0) is 12.8. The first-order valence-corrected chi connectivity index (χ1v) is 8.17. The molecule has 1 aliphatic carbocycles. The molecular formula is C15H22FNS. The van der Waals surface area contributed by atoms with Gasteiger partial charge in [-0.15, -0.1) is 0 Å². The molecule has 1 nitrogen and oxygen atoms in total. The molecular weight excluding hydrogens is 245 g/mol. The highest BCUT2D eigenvalue weighted by Crippen LogP contribution is 2.26. The quantitative estimate of drug-likeness (QED) is 0.719. The van der Waals surface area contributed by atoms with Crippen LogP contribution in [0.5, 0.6) is 0 Å². The van der Waals surface area contributed by atoms with Crippen molar-refractivity contribution in [3.8, 4) is 0 Å². The van der Waals surface area contributed by atoms with Crippen LogP contribution >= 0.6 is 11.8 Å². The molecule has 1 aromatic carbocycles. The van der Waals surface area contributed by atoms with Crippen molar-refractivity contribution >= 4 is 11.8 Å². The Morgan fingerprint density at radius 2 is 2.17 bits per heavy atom. The van der Waals surface area contributed by atoms with E-state index >= 15 is 0 Å². The van der Waals surface area contributed by atoms with Gasteiger partial charge in [-0.25, -0.2) is 4.39 Å². The minimum atomic E-state index is -0.0516. The standard InChI is InChI=1S/C15H22FNS/c1-18-10-4-5-12(11-17-13-8-9-13)14-6-2-3-7-15(14)16/h2-3,6-7,12-13,17H,4-5,8-11H2,1H3. The van der Waals surface area contributed by atoms with Crippen LogP contribution < -0.4 is 5.32 Å². The fourth-order valence-electron chi connectivity index (χ4n) is 2.24. The van der Waals surface area contributed by atoms with Gasteiger partial charge in [0.05, 0.1) is 0 Å². The van der Waals surface area contributed by atoms with E-state index in [1.807, 2.05) is 23.9 Å². The second-order valence-electron chi connectivity index (χ2n) is 5.04. The maximum atomic E-state index is 13.9. The van der Waals surface area contributed by atoms with E-state index in [2.05, 4.69) is 11.6 Å². The summed E-state index contributed by atoms with van der Waals surface area (Å²) in [7, 11) is 0. The molecule has 1 atom stereocenters. The van der Waals surface area contributed by atoms with Gasteiger partial charge in [0, 0.05) is 12.6 Å². The molecule has 18 heavy (non-hydrogen) atoms. The Balaban J connectivity index is 1.95. The summed E-state index contributed by atoms with van der Waals surface area (Å²) in [6.45, 7) is 0.917. The first kappa shape index (κ1) is 13.9. The summed E-state index contributed by atoms with van der Waals surface area (Å²) >= 11 is 1.87. The molecule has 1 N–H and O–H groups in total. The molecule has 1 unspecified atom stereocenters. The van der Waals surface area contributed by atoms with Crippen molar-refractivity contribution in [3.05, 3.63) is 35.6 Å². The predicted octanol–water partition coefficient (Wildman–Crippen LogP) is 3.80. The molecule has 0 spiro atoms. The summed E-state index contributed by atoms with van der Waals surface area (Å²) in [6, 6.07) is 7.92. The summed E-state index contributed by atoms with van der Waals surface area (Å²) in [5.41, 5.74) is 0.881.